The van der Waals surface area contributed by atoms with Crippen LogP contribution in [0.1, 0.15) is 52.0 Å². The van der Waals surface area contributed by atoms with Gasteiger partial charge in [0.25, 0.3) is 5.56 Å². The molecule has 1 aliphatic carbocycles. The number of benzene rings is 1. The quantitative estimate of drug-likeness (QED) is 0.741. The van der Waals surface area contributed by atoms with Crippen LogP contribution in [0.3, 0.4) is 0 Å². The summed E-state index contributed by atoms with van der Waals surface area (Å²) in [4.78, 5) is 25.7. The van der Waals surface area contributed by atoms with Crippen LogP contribution in [0.2, 0.25) is 0 Å². The van der Waals surface area contributed by atoms with Gasteiger partial charge in [-0.1, -0.05) is 32.0 Å². The number of aromatic amines is 1. The monoisotopic (exact) mass is 366 g/mol. The van der Waals surface area contributed by atoms with Gasteiger partial charge >= 0.3 is 0 Å². The molecule has 27 heavy (non-hydrogen) atoms. The van der Waals surface area contributed by atoms with Crippen LogP contribution in [0.5, 0.6) is 0 Å². The molecule has 0 radical (unpaired) electrons. The van der Waals surface area contributed by atoms with Crippen LogP contribution in [0.25, 0.3) is 21.8 Å². The highest BCUT2D eigenvalue weighted by Crippen LogP contribution is 2.31. The lowest BCUT2D eigenvalue weighted by molar-refractivity contribution is -0.125. The summed E-state index contributed by atoms with van der Waals surface area (Å²) in [5.74, 6) is 0.736. The van der Waals surface area contributed by atoms with Crippen LogP contribution in [-0.2, 0) is 4.79 Å². The molecule has 1 amide bonds. The third kappa shape index (κ3) is 3.13. The molecule has 1 saturated carbocycles. The Labute approximate surface area is 158 Å². The Morgan fingerprint density at radius 3 is 2.74 bits per heavy atom. The summed E-state index contributed by atoms with van der Waals surface area (Å²) in [6.07, 6.45) is 6.65. The molecule has 3 aromatic rings. The second-order valence-electron chi connectivity index (χ2n) is 7.74. The predicted molar refractivity (Wildman–Crippen MR) is 107 cm³/mol. The fourth-order valence-electron chi connectivity index (χ4n) is 4.37. The molecule has 6 heteroatoms. The molecule has 1 aromatic carbocycles. The molecular formula is C21H26N4O2. The van der Waals surface area contributed by atoms with Gasteiger partial charge in [-0.05, 0) is 44.1 Å². The number of para-hydroxylation sites is 1. The van der Waals surface area contributed by atoms with E-state index in [1.807, 2.05) is 35.8 Å². The summed E-state index contributed by atoms with van der Waals surface area (Å²) in [7, 11) is 0. The van der Waals surface area contributed by atoms with Gasteiger partial charge in [0.1, 0.15) is 11.6 Å². The predicted octanol–water partition coefficient (Wildman–Crippen LogP) is 3.52. The first-order chi connectivity index (χ1) is 13.1. The Balaban J connectivity index is 1.76. The van der Waals surface area contributed by atoms with Crippen molar-refractivity contribution in [2.75, 3.05) is 0 Å². The number of H-pyrrole nitrogens is 1. The first-order valence-corrected chi connectivity index (χ1v) is 9.86. The van der Waals surface area contributed by atoms with Crippen molar-refractivity contribution < 1.29 is 4.79 Å². The van der Waals surface area contributed by atoms with Gasteiger partial charge in [-0.2, -0.15) is 5.10 Å². The van der Waals surface area contributed by atoms with Gasteiger partial charge in [0.05, 0.1) is 11.7 Å². The molecule has 6 nitrogen and oxygen atoms in total. The zero-order valence-electron chi connectivity index (χ0n) is 15.9. The van der Waals surface area contributed by atoms with Crippen molar-refractivity contribution in [3.05, 3.63) is 40.8 Å². The highest BCUT2D eigenvalue weighted by Gasteiger charge is 2.27. The van der Waals surface area contributed by atoms with Crippen LogP contribution in [0, 0.1) is 5.92 Å². The third-order valence-electron chi connectivity index (χ3n) is 5.89. The van der Waals surface area contributed by atoms with E-state index in [2.05, 4.69) is 22.4 Å². The SMILES string of the molecule is CC[C@H](C(=O)NC1CCC(C)CC1)n1c2ccccc2c2cn[nH]c(=O)c21. The highest BCUT2D eigenvalue weighted by molar-refractivity contribution is 6.08. The fraction of sp³-hybridized carbons (Fsp3) is 0.476. The van der Waals surface area contributed by atoms with E-state index in [-0.39, 0.29) is 17.5 Å². The van der Waals surface area contributed by atoms with Gasteiger partial charge < -0.3 is 9.88 Å². The first-order valence-electron chi connectivity index (χ1n) is 9.86. The molecule has 1 atom stereocenters. The number of hydrogen-bond acceptors (Lipinski definition) is 3. The Bertz CT molecular complexity index is 1030. The van der Waals surface area contributed by atoms with E-state index in [0.717, 1.165) is 47.9 Å². The number of nitrogens with one attached hydrogen (secondary N) is 2. The average Bonchev–Trinajstić information content (AvgIpc) is 3.01. The molecule has 142 valence electrons. The molecule has 0 aliphatic heterocycles. The minimum Gasteiger partial charge on any atom is -0.352 e. The minimum absolute atomic E-state index is 0.00378. The number of nitrogens with zero attached hydrogens (tertiary/aromatic N) is 2. The second kappa shape index (κ2) is 7.18. The van der Waals surface area contributed by atoms with Crippen molar-refractivity contribution in [2.24, 2.45) is 5.92 Å². The molecule has 2 aromatic heterocycles. The van der Waals surface area contributed by atoms with Crippen molar-refractivity contribution in [3.63, 3.8) is 0 Å². The molecule has 0 saturated heterocycles. The van der Waals surface area contributed by atoms with E-state index in [4.69, 9.17) is 0 Å². The van der Waals surface area contributed by atoms with Gasteiger partial charge in [-0.3, -0.25) is 9.59 Å². The smallest absolute Gasteiger partial charge is 0.288 e. The van der Waals surface area contributed by atoms with Crippen LogP contribution < -0.4 is 10.9 Å². The lowest BCUT2D eigenvalue weighted by Gasteiger charge is -2.29. The van der Waals surface area contributed by atoms with Gasteiger partial charge in [0.2, 0.25) is 5.91 Å². The summed E-state index contributed by atoms with van der Waals surface area (Å²) in [5.41, 5.74) is 1.15. The van der Waals surface area contributed by atoms with E-state index >= 15 is 0 Å². The maximum Gasteiger partial charge on any atom is 0.288 e. The van der Waals surface area contributed by atoms with E-state index in [1.54, 1.807) is 6.20 Å². The topological polar surface area (TPSA) is 79.8 Å². The standard InChI is InChI=1S/C21H26N4O2/c1-3-17(20(26)23-14-10-8-13(2)9-11-14)25-18-7-5-4-6-15(18)16-12-22-24-21(27)19(16)25/h4-7,12-14,17H,3,8-11H2,1-2H3,(H,23,26)(H,24,27)/t13?,14?,17-/m1/s1. The van der Waals surface area contributed by atoms with Gasteiger partial charge in [0, 0.05) is 16.8 Å². The molecule has 1 aliphatic rings. The van der Waals surface area contributed by atoms with E-state index in [9.17, 15) is 9.59 Å². The van der Waals surface area contributed by atoms with Gasteiger partial charge in [-0.15, -0.1) is 0 Å². The van der Waals surface area contributed by atoms with Crippen molar-refractivity contribution in [2.45, 2.75) is 58.0 Å². The molecular weight excluding hydrogens is 340 g/mol. The highest BCUT2D eigenvalue weighted by atomic mass is 16.2. The Morgan fingerprint density at radius 2 is 2.00 bits per heavy atom. The number of fused-ring (bicyclic) bond motifs is 3. The number of carbonyl (C=O) groups is 1. The van der Waals surface area contributed by atoms with Crippen molar-refractivity contribution in [1.29, 1.82) is 0 Å². The van der Waals surface area contributed by atoms with Crippen molar-refractivity contribution >= 4 is 27.7 Å². The second-order valence-corrected chi connectivity index (χ2v) is 7.74. The molecule has 1 fully saturated rings. The van der Waals surface area contributed by atoms with Crippen molar-refractivity contribution in [3.8, 4) is 0 Å². The van der Waals surface area contributed by atoms with Crippen LogP contribution >= 0.6 is 0 Å². The molecule has 4 rings (SSSR count). The molecule has 0 bridgehead atoms. The van der Waals surface area contributed by atoms with Crippen LogP contribution in [0.15, 0.2) is 35.3 Å². The number of carbonyl (C=O) groups excluding carboxylic acids is 1. The summed E-state index contributed by atoms with van der Waals surface area (Å²) >= 11 is 0. The third-order valence-corrected chi connectivity index (χ3v) is 5.89. The van der Waals surface area contributed by atoms with Crippen molar-refractivity contribution in [1.82, 2.24) is 20.1 Å². The minimum atomic E-state index is -0.421. The zero-order valence-corrected chi connectivity index (χ0v) is 15.9. The maximum absolute atomic E-state index is 13.2. The number of hydrogen-bond donors (Lipinski definition) is 2. The summed E-state index contributed by atoms with van der Waals surface area (Å²) < 4.78 is 1.89. The maximum atomic E-state index is 13.2. The summed E-state index contributed by atoms with van der Waals surface area (Å²) in [5, 5.41) is 11.4. The van der Waals surface area contributed by atoms with Crippen LogP contribution in [-0.4, -0.2) is 26.7 Å². The lowest BCUT2D eigenvalue weighted by atomic mass is 9.87. The lowest BCUT2D eigenvalue weighted by Crippen LogP contribution is -2.41. The average molecular weight is 366 g/mol. The van der Waals surface area contributed by atoms with E-state index < -0.39 is 6.04 Å². The fourth-order valence-corrected chi connectivity index (χ4v) is 4.37. The number of aromatic nitrogens is 3. The molecule has 2 N–H and O–H groups in total. The Hall–Kier alpha value is -2.63. The normalized spacial score (nSPS) is 21.4. The molecule has 2 heterocycles. The number of amides is 1. The van der Waals surface area contributed by atoms with Gasteiger partial charge in [-0.25, -0.2) is 5.10 Å². The zero-order chi connectivity index (χ0) is 19.0. The number of rotatable bonds is 4. The largest absolute Gasteiger partial charge is 0.352 e. The summed E-state index contributed by atoms with van der Waals surface area (Å²) in [6.45, 7) is 4.26. The molecule has 0 unspecified atom stereocenters. The first kappa shape index (κ1) is 17.8. The van der Waals surface area contributed by atoms with Crippen LogP contribution in [0.4, 0.5) is 0 Å². The Morgan fingerprint density at radius 1 is 1.26 bits per heavy atom. The summed E-state index contributed by atoms with van der Waals surface area (Å²) in [6, 6.07) is 7.63. The van der Waals surface area contributed by atoms with Gasteiger partial charge in [0.15, 0.2) is 0 Å². The van der Waals surface area contributed by atoms with E-state index in [0.29, 0.717) is 11.9 Å². The molecule has 0 spiro atoms. The van der Waals surface area contributed by atoms with E-state index in [1.165, 1.54) is 0 Å². The Kier molecular flexibility index (Phi) is 4.72.